The number of hydrogen-bond donors (Lipinski definition) is 1. The summed E-state index contributed by atoms with van der Waals surface area (Å²) in [7, 11) is -3.13. The largest absolute Gasteiger partial charge is 0.574 e. The second-order valence-corrected chi connectivity index (χ2v) is 7.50. The quantitative estimate of drug-likeness (QED) is 0.302. The molecule has 0 saturated carbocycles. The molecule has 0 spiro atoms. The van der Waals surface area contributed by atoms with Gasteiger partial charge >= 0.3 is 8.80 Å². The first kappa shape index (κ1) is 20.1. The summed E-state index contributed by atoms with van der Waals surface area (Å²) in [6.07, 6.45) is 5.92. The summed E-state index contributed by atoms with van der Waals surface area (Å²) in [5.74, 6) is 0.938. The van der Waals surface area contributed by atoms with Crippen LogP contribution in [0.1, 0.15) is 59.3 Å². The number of unbranched alkanes of at least 4 members (excludes halogenated alkanes) is 4. The molecule has 0 aromatic rings. The smallest absolute Gasteiger partial charge is 0.369 e. The van der Waals surface area contributed by atoms with Crippen molar-refractivity contribution in [3.63, 3.8) is 0 Å². The Morgan fingerprint density at radius 2 is 1.30 bits per heavy atom. The molecule has 0 saturated heterocycles. The van der Waals surface area contributed by atoms with Crippen LogP contribution in [0.25, 0.3) is 0 Å². The third kappa shape index (κ3) is 7.78. The van der Waals surface area contributed by atoms with Crippen molar-refractivity contribution in [1.82, 2.24) is 0 Å². The van der Waals surface area contributed by atoms with Crippen LogP contribution in [0, 0.1) is 0 Å². The highest BCUT2D eigenvalue weighted by Gasteiger charge is 2.48. The summed E-state index contributed by atoms with van der Waals surface area (Å²) in [5.41, 5.74) is 0. The zero-order valence-electron chi connectivity index (χ0n) is 13.2. The molecule has 0 atom stereocenters. The van der Waals surface area contributed by atoms with E-state index in [1.807, 2.05) is 20.8 Å². The van der Waals surface area contributed by atoms with Gasteiger partial charge in [0.15, 0.2) is 0 Å². The van der Waals surface area contributed by atoms with Gasteiger partial charge in [-0.25, -0.2) is 0 Å². The second kappa shape index (κ2) is 12.8. The molecule has 120 valence electrons. The van der Waals surface area contributed by atoms with Crippen LogP contribution in [0.4, 0.5) is 0 Å². The van der Waals surface area contributed by atoms with Crippen molar-refractivity contribution in [3.8, 4) is 0 Å². The number of carbonyl (C=O) groups is 1. The van der Waals surface area contributed by atoms with E-state index in [9.17, 15) is 4.79 Å². The van der Waals surface area contributed by atoms with E-state index in [0.717, 1.165) is 31.4 Å². The fraction of sp³-hybridized carbons (Fsp3) is 0.929. The lowest BCUT2D eigenvalue weighted by Crippen LogP contribution is -2.54. The molecule has 4 nitrogen and oxygen atoms in total. The molecule has 0 heterocycles. The topological polar surface area (TPSA) is 44.8 Å². The van der Waals surface area contributed by atoms with Crippen LogP contribution in [0.15, 0.2) is 0 Å². The van der Waals surface area contributed by atoms with Gasteiger partial charge in [-0.1, -0.05) is 19.3 Å². The summed E-state index contributed by atoms with van der Waals surface area (Å²) < 4.78 is 16.8. The number of thiol groups is 1. The monoisotopic (exact) mass is 322 g/mol. The number of carbonyl (C=O) groups excluding carboxylic acids is 1. The highest BCUT2D eigenvalue weighted by Crippen LogP contribution is 2.16. The SMILES string of the molecule is CCO[Si](OCC)(OCC)C(=O)CCCCCCCS. The van der Waals surface area contributed by atoms with Gasteiger partial charge in [-0.15, -0.1) is 0 Å². The van der Waals surface area contributed by atoms with Crippen molar-refractivity contribution in [2.75, 3.05) is 25.6 Å². The van der Waals surface area contributed by atoms with Crippen LogP contribution >= 0.6 is 12.6 Å². The molecule has 0 rings (SSSR count). The lowest BCUT2D eigenvalue weighted by molar-refractivity contribution is -0.119. The molecule has 0 aromatic carbocycles. The lowest BCUT2D eigenvalue weighted by Gasteiger charge is -2.26. The Morgan fingerprint density at radius 3 is 1.75 bits per heavy atom. The molecule has 0 aliphatic carbocycles. The summed E-state index contributed by atoms with van der Waals surface area (Å²) in [6.45, 7) is 6.93. The Bertz CT molecular complexity index is 234. The lowest BCUT2D eigenvalue weighted by atomic mass is 10.1. The Balaban J connectivity index is 4.25. The van der Waals surface area contributed by atoms with E-state index in [1.54, 1.807) is 0 Å². The predicted molar refractivity (Wildman–Crippen MR) is 87.2 cm³/mol. The van der Waals surface area contributed by atoms with Crippen LogP contribution in [0.2, 0.25) is 0 Å². The molecule has 6 heteroatoms. The van der Waals surface area contributed by atoms with Gasteiger partial charge in [-0.3, -0.25) is 4.79 Å². The molecular formula is C14H30O4SSi. The minimum atomic E-state index is -3.13. The van der Waals surface area contributed by atoms with E-state index in [2.05, 4.69) is 12.6 Å². The van der Waals surface area contributed by atoms with Crippen molar-refractivity contribution in [2.24, 2.45) is 0 Å². The zero-order chi connectivity index (χ0) is 15.3. The first-order chi connectivity index (χ1) is 9.66. The van der Waals surface area contributed by atoms with Crippen molar-refractivity contribution in [3.05, 3.63) is 0 Å². The van der Waals surface area contributed by atoms with E-state index in [-0.39, 0.29) is 5.41 Å². The number of rotatable bonds is 14. The molecule has 20 heavy (non-hydrogen) atoms. The summed E-state index contributed by atoms with van der Waals surface area (Å²) in [4.78, 5) is 12.4. The molecule has 0 fully saturated rings. The molecule has 0 aliphatic rings. The molecule has 0 aliphatic heterocycles. The normalized spacial score (nSPS) is 11.8. The molecule has 0 radical (unpaired) electrons. The van der Waals surface area contributed by atoms with Crippen LogP contribution in [0.5, 0.6) is 0 Å². The molecular weight excluding hydrogens is 292 g/mol. The minimum Gasteiger partial charge on any atom is -0.369 e. The van der Waals surface area contributed by atoms with E-state index < -0.39 is 8.80 Å². The van der Waals surface area contributed by atoms with E-state index >= 15 is 0 Å². The average Bonchev–Trinajstić information content (AvgIpc) is 2.43. The fourth-order valence-corrected chi connectivity index (χ4v) is 4.60. The van der Waals surface area contributed by atoms with Gasteiger partial charge in [0.2, 0.25) is 5.41 Å². The maximum Gasteiger partial charge on any atom is 0.574 e. The highest BCUT2D eigenvalue weighted by molar-refractivity contribution is 7.80. The van der Waals surface area contributed by atoms with Crippen LogP contribution in [0.3, 0.4) is 0 Å². The molecule has 0 amide bonds. The van der Waals surface area contributed by atoms with Gasteiger partial charge < -0.3 is 13.3 Å². The van der Waals surface area contributed by atoms with Gasteiger partial charge in [-0.05, 0) is 39.4 Å². The first-order valence-electron chi connectivity index (χ1n) is 7.72. The maximum absolute atomic E-state index is 12.4. The van der Waals surface area contributed by atoms with Crippen LogP contribution < -0.4 is 0 Å². The third-order valence-electron chi connectivity index (χ3n) is 2.91. The van der Waals surface area contributed by atoms with Crippen molar-refractivity contribution in [1.29, 1.82) is 0 Å². The Kier molecular flexibility index (Phi) is 12.9. The second-order valence-electron chi connectivity index (χ2n) is 4.52. The Labute approximate surface area is 130 Å². The number of hydrogen-bond acceptors (Lipinski definition) is 5. The van der Waals surface area contributed by atoms with E-state index in [1.165, 1.54) is 6.42 Å². The summed E-state index contributed by atoms with van der Waals surface area (Å²) in [6, 6.07) is 0. The zero-order valence-corrected chi connectivity index (χ0v) is 15.0. The standard InChI is InChI=1S/C14H30O4SSi/c1-4-16-20(17-5-2,18-6-3)14(15)12-10-8-7-9-11-13-19/h19H,4-13H2,1-3H3. The Morgan fingerprint density at radius 1 is 0.850 bits per heavy atom. The molecule has 0 N–H and O–H groups in total. The van der Waals surface area contributed by atoms with Gasteiger partial charge in [-0.2, -0.15) is 12.6 Å². The molecule has 0 unspecified atom stereocenters. The first-order valence-corrected chi connectivity index (χ1v) is 10.1. The maximum atomic E-state index is 12.4. The van der Waals surface area contributed by atoms with Gasteiger partial charge in [0.1, 0.15) is 0 Å². The highest BCUT2D eigenvalue weighted by atomic mass is 32.1. The van der Waals surface area contributed by atoms with Crippen LogP contribution in [-0.4, -0.2) is 39.8 Å². The predicted octanol–water partition coefficient (Wildman–Crippen LogP) is 3.41. The summed E-state index contributed by atoms with van der Waals surface area (Å²) >= 11 is 4.19. The van der Waals surface area contributed by atoms with Crippen molar-refractivity contribution >= 4 is 26.8 Å². The Hall–Kier alpha value is 0.117. The average molecular weight is 323 g/mol. The van der Waals surface area contributed by atoms with Crippen molar-refractivity contribution in [2.45, 2.75) is 59.3 Å². The van der Waals surface area contributed by atoms with Gasteiger partial charge in [0, 0.05) is 26.2 Å². The van der Waals surface area contributed by atoms with Gasteiger partial charge in [0.05, 0.1) is 0 Å². The fourth-order valence-electron chi connectivity index (χ4n) is 2.02. The molecule has 0 aromatic heterocycles. The van der Waals surface area contributed by atoms with Crippen LogP contribution in [-0.2, 0) is 18.1 Å². The molecule has 0 bridgehead atoms. The van der Waals surface area contributed by atoms with E-state index in [4.69, 9.17) is 13.3 Å². The van der Waals surface area contributed by atoms with Gasteiger partial charge in [0.25, 0.3) is 0 Å². The summed E-state index contributed by atoms with van der Waals surface area (Å²) in [5, 5.41) is 0.0252. The van der Waals surface area contributed by atoms with Crippen molar-refractivity contribution < 1.29 is 18.1 Å². The third-order valence-corrected chi connectivity index (χ3v) is 6.16. The van der Waals surface area contributed by atoms with E-state index in [0.29, 0.717) is 26.2 Å². The minimum absolute atomic E-state index is 0.0252.